The molecule has 1 N–H and O–H groups in total. The fraction of sp³-hybridized carbons (Fsp3) is 0.600. The Morgan fingerprint density at radius 3 is 2.23 bits per heavy atom. The zero-order valence-electron chi connectivity index (χ0n) is 13.1. The van der Waals surface area contributed by atoms with Crippen LogP contribution in [-0.4, -0.2) is 24.9 Å². The molecule has 1 saturated heterocycles. The predicted octanol–water partition coefficient (Wildman–Crippen LogP) is 2.97. The molecule has 0 radical (unpaired) electrons. The van der Waals surface area contributed by atoms with E-state index in [1.165, 1.54) is 0 Å². The number of rotatable bonds is 1. The molecule has 3 rings (SSSR count). The van der Waals surface area contributed by atoms with Crippen molar-refractivity contribution in [3.63, 3.8) is 0 Å². The zero-order valence-corrected chi connectivity index (χ0v) is 13.1. The number of alkyl halides is 3. The molecule has 1 aromatic carbocycles. The Morgan fingerprint density at radius 1 is 1.09 bits per heavy atom. The van der Waals surface area contributed by atoms with Crippen molar-refractivity contribution in [2.24, 2.45) is 0 Å². The highest BCUT2D eigenvalue weighted by Crippen LogP contribution is 2.40. The zero-order chi connectivity index (χ0) is 16.3. The van der Waals surface area contributed by atoms with Crippen molar-refractivity contribution in [1.82, 2.24) is 0 Å². The lowest BCUT2D eigenvalue weighted by molar-refractivity contribution is -0.136. The van der Waals surface area contributed by atoms with Crippen LogP contribution in [-0.2, 0) is 21.9 Å². The summed E-state index contributed by atoms with van der Waals surface area (Å²) in [5.41, 5.74) is -0.520. The second-order valence-corrected chi connectivity index (χ2v) is 6.87. The molecule has 2 heterocycles. The SMILES string of the molecule is CC1(C)OB(c2cc3c(c(C(F)(F)F)c2)NCC3)OC1(C)C. The Labute approximate surface area is 128 Å². The molecule has 7 heteroatoms. The minimum Gasteiger partial charge on any atom is -0.399 e. The van der Waals surface area contributed by atoms with E-state index in [4.69, 9.17) is 9.31 Å². The van der Waals surface area contributed by atoms with E-state index >= 15 is 0 Å². The summed E-state index contributed by atoms with van der Waals surface area (Å²) in [6, 6.07) is 2.89. The molecular formula is C15H19BF3NO2. The summed E-state index contributed by atoms with van der Waals surface area (Å²) in [5, 5.41) is 2.82. The summed E-state index contributed by atoms with van der Waals surface area (Å²) in [4.78, 5) is 0. The monoisotopic (exact) mass is 313 g/mol. The third-order valence-electron chi connectivity index (χ3n) is 4.77. The van der Waals surface area contributed by atoms with Crippen LogP contribution in [0.2, 0.25) is 0 Å². The van der Waals surface area contributed by atoms with Gasteiger partial charge in [0.05, 0.1) is 16.8 Å². The Kier molecular flexibility index (Phi) is 3.31. The van der Waals surface area contributed by atoms with Crippen molar-refractivity contribution in [2.45, 2.75) is 51.5 Å². The van der Waals surface area contributed by atoms with Crippen molar-refractivity contribution < 1.29 is 22.5 Å². The highest BCUT2D eigenvalue weighted by atomic mass is 19.4. The van der Waals surface area contributed by atoms with E-state index in [-0.39, 0.29) is 5.69 Å². The van der Waals surface area contributed by atoms with Crippen molar-refractivity contribution >= 4 is 18.3 Å². The van der Waals surface area contributed by atoms with Crippen LogP contribution < -0.4 is 10.8 Å². The van der Waals surface area contributed by atoms with E-state index < -0.39 is 30.1 Å². The van der Waals surface area contributed by atoms with Gasteiger partial charge in [0.15, 0.2) is 0 Å². The standard InChI is InChI=1S/C15H19BF3NO2/c1-13(2)14(3,4)22-16(21-13)10-7-9-5-6-20-12(9)11(8-10)15(17,18)19/h7-8,20H,5-6H2,1-4H3. The van der Waals surface area contributed by atoms with Crippen molar-refractivity contribution in [3.8, 4) is 0 Å². The van der Waals surface area contributed by atoms with Gasteiger partial charge >= 0.3 is 13.3 Å². The molecule has 0 atom stereocenters. The van der Waals surface area contributed by atoms with Crippen LogP contribution in [0.4, 0.5) is 18.9 Å². The number of halogens is 3. The number of anilines is 1. The number of hydrogen-bond acceptors (Lipinski definition) is 3. The summed E-state index contributed by atoms with van der Waals surface area (Å²) in [7, 11) is -0.781. The molecule has 1 aromatic rings. The molecule has 1 fully saturated rings. The van der Waals surface area contributed by atoms with Crippen LogP contribution >= 0.6 is 0 Å². The summed E-state index contributed by atoms with van der Waals surface area (Å²) >= 11 is 0. The number of hydrogen-bond donors (Lipinski definition) is 1. The van der Waals surface area contributed by atoms with Gasteiger partial charge in [0.1, 0.15) is 0 Å². The van der Waals surface area contributed by atoms with Crippen molar-refractivity contribution in [1.29, 1.82) is 0 Å². The van der Waals surface area contributed by atoms with Gasteiger partial charge in [-0.1, -0.05) is 6.07 Å². The summed E-state index contributed by atoms with van der Waals surface area (Å²) in [6.07, 6.45) is -3.83. The molecule has 0 bridgehead atoms. The quantitative estimate of drug-likeness (QED) is 0.809. The Balaban J connectivity index is 2.03. The van der Waals surface area contributed by atoms with E-state index in [1.54, 1.807) is 6.07 Å². The Bertz CT molecular complexity index is 598. The molecular weight excluding hydrogens is 294 g/mol. The third kappa shape index (κ3) is 2.40. The van der Waals surface area contributed by atoms with Gasteiger partial charge in [-0.05, 0) is 51.2 Å². The fourth-order valence-corrected chi connectivity index (χ4v) is 2.79. The van der Waals surface area contributed by atoms with E-state index in [9.17, 15) is 13.2 Å². The lowest BCUT2D eigenvalue weighted by Gasteiger charge is -2.32. The summed E-state index contributed by atoms with van der Waals surface area (Å²) in [6.45, 7) is 8.05. The van der Waals surface area contributed by atoms with Crippen molar-refractivity contribution in [3.05, 3.63) is 23.3 Å². The third-order valence-corrected chi connectivity index (χ3v) is 4.77. The highest BCUT2D eigenvalue weighted by molar-refractivity contribution is 6.62. The molecule has 3 nitrogen and oxygen atoms in total. The second-order valence-electron chi connectivity index (χ2n) is 6.87. The maximum atomic E-state index is 13.3. The van der Waals surface area contributed by atoms with Crippen LogP contribution in [0, 0.1) is 0 Å². The van der Waals surface area contributed by atoms with Gasteiger partial charge in [-0.25, -0.2) is 0 Å². The molecule has 0 saturated carbocycles. The molecule has 2 aliphatic heterocycles. The molecule has 2 aliphatic rings. The number of benzene rings is 1. The first-order valence-corrected chi connectivity index (χ1v) is 7.35. The van der Waals surface area contributed by atoms with Gasteiger partial charge in [-0.2, -0.15) is 13.2 Å². The molecule has 0 unspecified atom stereocenters. The largest absolute Gasteiger partial charge is 0.494 e. The lowest BCUT2D eigenvalue weighted by atomic mass is 9.77. The van der Waals surface area contributed by atoms with E-state index in [1.807, 2.05) is 27.7 Å². The predicted molar refractivity (Wildman–Crippen MR) is 79.4 cm³/mol. The second kappa shape index (κ2) is 4.65. The number of nitrogens with one attached hydrogen (secondary N) is 1. The molecule has 0 aromatic heterocycles. The minimum absolute atomic E-state index is 0.188. The summed E-state index contributed by atoms with van der Waals surface area (Å²) < 4.78 is 51.6. The summed E-state index contributed by atoms with van der Waals surface area (Å²) in [5.74, 6) is 0. The lowest BCUT2D eigenvalue weighted by Crippen LogP contribution is -2.41. The van der Waals surface area contributed by atoms with Gasteiger partial charge in [0.25, 0.3) is 0 Å². The van der Waals surface area contributed by atoms with Gasteiger partial charge in [-0.15, -0.1) is 0 Å². The maximum absolute atomic E-state index is 13.3. The Hall–Kier alpha value is -1.21. The fourth-order valence-electron chi connectivity index (χ4n) is 2.79. The van der Waals surface area contributed by atoms with Crippen LogP contribution in [0.3, 0.4) is 0 Å². The number of fused-ring (bicyclic) bond motifs is 1. The van der Waals surface area contributed by atoms with Crippen LogP contribution in [0.1, 0.15) is 38.8 Å². The first kappa shape index (κ1) is 15.7. The average Bonchev–Trinajstić information content (AvgIpc) is 2.89. The first-order chi connectivity index (χ1) is 10.0. The van der Waals surface area contributed by atoms with Gasteiger partial charge in [0.2, 0.25) is 0 Å². The normalized spacial score (nSPS) is 22.6. The molecule has 0 spiro atoms. The van der Waals surface area contributed by atoms with Gasteiger partial charge in [0, 0.05) is 12.2 Å². The first-order valence-electron chi connectivity index (χ1n) is 7.35. The van der Waals surface area contributed by atoms with Crippen molar-refractivity contribution in [2.75, 3.05) is 11.9 Å². The van der Waals surface area contributed by atoms with E-state index in [2.05, 4.69) is 5.32 Å². The highest BCUT2D eigenvalue weighted by Gasteiger charge is 2.52. The van der Waals surface area contributed by atoms with Gasteiger partial charge in [-0.3, -0.25) is 0 Å². The maximum Gasteiger partial charge on any atom is 0.494 e. The molecule has 22 heavy (non-hydrogen) atoms. The van der Waals surface area contributed by atoms with E-state index in [0.29, 0.717) is 24.0 Å². The average molecular weight is 313 g/mol. The smallest absolute Gasteiger partial charge is 0.399 e. The minimum atomic E-state index is -4.40. The molecule has 0 aliphatic carbocycles. The molecule has 0 amide bonds. The Morgan fingerprint density at radius 2 is 1.68 bits per heavy atom. The molecule has 120 valence electrons. The van der Waals surface area contributed by atoms with E-state index in [0.717, 1.165) is 6.07 Å². The van der Waals surface area contributed by atoms with Gasteiger partial charge < -0.3 is 14.6 Å². The van der Waals surface area contributed by atoms with Crippen LogP contribution in [0.25, 0.3) is 0 Å². The van der Waals surface area contributed by atoms with Crippen LogP contribution in [0.5, 0.6) is 0 Å². The van der Waals surface area contributed by atoms with Crippen LogP contribution in [0.15, 0.2) is 12.1 Å². The topological polar surface area (TPSA) is 30.5 Å².